The second-order valence-corrected chi connectivity index (χ2v) is 3.52. The molecule has 0 aromatic carbocycles. The highest BCUT2D eigenvalue weighted by Crippen LogP contribution is 2.37. The van der Waals surface area contributed by atoms with Crippen molar-refractivity contribution < 1.29 is 22.7 Å². The Morgan fingerprint density at radius 3 is 2.31 bits per heavy atom. The molecule has 1 N–H and O–H groups in total. The first-order chi connectivity index (χ1) is 5.93. The molecule has 78 valence electrons. The number of alkyl halides is 4. The average Bonchev–Trinajstić information content (AvgIpc) is 2.35. The van der Waals surface area contributed by atoms with E-state index in [9.17, 15) is 17.6 Å². The minimum Gasteiger partial charge on any atom is -0.393 e. The normalized spacial score (nSPS) is 30.0. The first kappa shape index (κ1) is 10.8. The van der Waals surface area contributed by atoms with Crippen LogP contribution in [0.1, 0.15) is 25.7 Å². The SMILES string of the molecule is O[C@@H]1CCC[C@H]1CC(F)(F)C(F)F. The summed E-state index contributed by atoms with van der Waals surface area (Å²) in [6, 6.07) is 0. The smallest absolute Gasteiger partial charge is 0.307 e. The predicted octanol–water partition coefficient (Wildman–Crippen LogP) is 2.44. The van der Waals surface area contributed by atoms with Crippen LogP contribution < -0.4 is 0 Å². The van der Waals surface area contributed by atoms with Crippen LogP contribution in [0.4, 0.5) is 17.6 Å². The number of rotatable bonds is 3. The van der Waals surface area contributed by atoms with E-state index < -0.39 is 30.8 Å². The van der Waals surface area contributed by atoms with Gasteiger partial charge in [0.05, 0.1) is 6.10 Å². The maximum absolute atomic E-state index is 12.5. The summed E-state index contributed by atoms with van der Waals surface area (Å²) in [5.74, 6) is -4.61. The molecule has 0 saturated heterocycles. The highest BCUT2D eigenvalue weighted by atomic mass is 19.3. The van der Waals surface area contributed by atoms with Gasteiger partial charge in [-0.15, -0.1) is 0 Å². The summed E-state index contributed by atoms with van der Waals surface area (Å²) in [5, 5.41) is 9.16. The Morgan fingerprint density at radius 1 is 1.31 bits per heavy atom. The second kappa shape index (κ2) is 3.82. The van der Waals surface area contributed by atoms with Gasteiger partial charge in [0.25, 0.3) is 0 Å². The first-order valence-corrected chi connectivity index (χ1v) is 4.27. The fourth-order valence-electron chi connectivity index (χ4n) is 1.69. The standard InChI is InChI=1S/C8H12F4O/c9-7(10)8(11,12)4-5-2-1-3-6(5)13/h5-7,13H,1-4H2/t5-,6+/m0/s1. The van der Waals surface area contributed by atoms with Crippen LogP contribution in [0.2, 0.25) is 0 Å². The van der Waals surface area contributed by atoms with E-state index in [1.807, 2.05) is 0 Å². The van der Waals surface area contributed by atoms with Gasteiger partial charge in [0.1, 0.15) is 0 Å². The first-order valence-electron chi connectivity index (χ1n) is 4.27. The van der Waals surface area contributed by atoms with Crippen LogP contribution in [-0.2, 0) is 0 Å². The van der Waals surface area contributed by atoms with Gasteiger partial charge in [-0.2, -0.15) is 0 Å². The van der Waals surface area contributed by atoms with Crippen molar-refractivity contribution in [3.05, 3.63) is 0 Å². The van der Waals surface area contributed by atoms with Crippen LogP contribution >= 0.6 is 0 Å². The zero-order chi connectivity index (χ0) is 10.1. The van der Waals surface area contributed by atoms with Crippen molar-refractivity contribution in [1.82, 2.24) is 0 Å². The number of halogens is 4. The maximum Gasteiger partial charge on any atom is 0.307 e. The third-order valence-corrected chi connectivity index (χ3v) is 2.47. The van der Waals surface area contributed by atoms with Gasteiger partial charge in [0.2, 0.25) is 0 Å². The average molecular weight is 200 g/mol. The maximum atomic E-state index is 12.5. The van der Waals surface area contributed by atoms with Gasteiger partial charge >= 0.3 is 12.3 Å². The number of hydrogen-bond acceptors (Lipinski definition) is 1. The van der Waals surface area contributed by atoms with Gasteiger partial charge < -0.3 is 5.11 Å². The van der Waals surface area contributed by atoms with Crippen LogP contribution in [0.25, 0.3) is 0 Å². The predicted molar refractivity (Wildman–Crippen MR) is 38.9 cm³/mol. The molecular weight excluding hydrogens is 188 g/mol. The molecule has 1 fully saturated rings. The fourth-order valence-corrected chi connectivity index (χ4v) is 1.69. The largest absolute Gasteiger partial charge is 0.393 e. The molecule has 2 atom stereocenters. The molecule has 1 saturated carbocycles. The Balaban J connectivity index is 2.47. The lowest BCUT2D eigenvalue weighted by Gasteiger charge is -2.21. The molecule has 0 spiro atoms. The van der Waals surface area contributed by atoms with Crippen molar-refractivity contribution in [2.45, 2.75) is 44.1 Å². The lowest BCUT2D eigenvalue weighted by molar-refractivity contribution is -0.145. The van der Waals surface area contributed by atoms with Crippen molar-refractivity contribution in [2.24, 2.45) is 5.92 Å². The summed E-state index contributed by atoms with van der Waals surface area (Å²) in [6.45, 7) is 0. The molecule has 1 aliphatic carbocycles. The molecule has 1 rings (SSSR count). The molecule has 1 nitrogen and oxygen atoms in total. The van der Waals surface area contributed by atoms with Gasteiger partial charge in [0, 0.05) is 6.42 Å². The topological polar surface area (TPSA) is 20.2 Å². The Labute approximate surface area is 73.7 Å². The zero-order valence-electron chi connectivity index (χ0n) is 7.02. The molecule has 0 unspecified atom stereocenters. The van der Waals surface area contributed by atoms with E-state index in [0.29, 0.717) is 19.3 Å². The van der Waals surface area contributed by atoms with Gasteiger partial charge in [-0.05, 0) is 18.8 Å². The van der Waals surface area contributed by atoms with Crippen LogP contribution in [0, 0.1) is 5.92 Å². The number of hydrogen-bond donors (Lipinski definition) is 1. The Bertz CT molecular complexity index is 172. The summed E-state index contributed by atoms with van der Waals surface area (Å²) in [5.41, 5.74) is 0. The molecule has 0 aromatic rings. The van der Waals surface area contributed by atoms with Gasteiger partial charge in [-0.3, -0.25) is 0 Å². The van der Waals surface area contributed by atoms with E-state index in [1.165, 1.54) is 0 Å². The third-order valence-electron chi connectivity index (χ3n) is 2.47. The van der Waals surface area contributed by atoms with Gasteiger partial charge in [-0.25, -0.2) is 17.6 Å². The van der Waals surface area contributed by atoms with E-state index >= 15 is 0 Å². The van der Waals surface area contributed by atoms with Crippen LogP contribution in [0.15, 0.2) is 0 Å². The highest BCUT2D eigenvalue weighted by Gasteiger charge is 2.44. The Kier molecular flexibility index (Phi) is 3.16. The van der Waals surface area contributed by atoms with E-state index in [1.54, 1.807) is 0 Å². The molecule has 0 aromatic heterocycles. The van der Waals surface area contributed by atoms with E-state index in [4.69, 9.17) is 5.11 Å². The van der Waals surface area contributed by atoms with Crippen LogP contribution in [-0.4, -0.2) is 23.6 Å². The van der Waals surface area contributed by atoms with Crippen LogP contribution in [0.3, 0.4) is 0 Å². The van der Waals surface area contributed by atoms with Crippen molar-refractivity contribution in [1.29, 1.82) is 0 Å². The molecule has 0 bridgehead atoms. The van der Waals surface area contributed by atoms with Crippen molar-refractivity contribution in [3.8, 4) is 0 Å². The number of aliphatic hydroxyl groups is 1. The van der Waals surface area contributed by atoms with E-state index in [2.05, 4.69) is 0 Å². The lowest BCUT2D eigenvalue weighted by Crippen LogP contribution is -2.31. The van der Waals surface area contributed by atoms with Crippen molar-refractivity contribution in [3.63, 3.8) is 0 Å². The summed E-state index contributed by atoms with van der Waals surface area (Å²) in [6.07, 6.45) is -3.84. The van der Waals surface area contributed by atoms with Gasteiger partial charge in [-0.1, -0.05) is 6.42 Å². The minimum absolute atomic E-state index is 0.420. The summed E-state index contributed by atoms with van der Waals surface area (Å²) < 4.78 is 48.5. The number of aliphatic hydroxyl groups excluding tert-OH is 1. The summed E-state index contributed by atoms with van der Waals surface area (Å²) in [7, 11) is 0. The highest BCUT2D eigenvalue weighted by molar-refractivity contribution is 4.83. The molecule has 5 heteroatoms. The quantitative estimate of drug-likeness (QED) is 0.694. The van der Waals surface area contributed by atoms with Crippen molar-refractivity contribution >= 4 is 0 Å². The Morgan fingerprint density at radius 2 is 1.92 bits per heavy atom. The third kappa shape index (κ3) is 2.56. The lowest BCUT2D eigenvalue weighted by atomic mass is 9.97. The molecule has 0 aliphatic heterocycles. The van der Waals surface area contributed by atoms with Crippen LogP contribution in [0.5, 0.6) is 0 Å². The Hall–Kier alpha value is -0.320. The van der Waals surface area contributed by atoms with E-state index in [0.717, 1.165) is 0 Å². The van der Waals surface area contributed by atoms with Crippen molar-refractivity contribution in [2.75, 3.05) is 0 Å². The molecule has 0 amide bonds. The molecular formula is C8H12F4O. The fraction of sp³-hybridized carbons (Fsp3) is 1.00. The van der Waals surface area contributed by atoms with E-state index in [-0.39, 0.29) is 0 Å². The second-order valence-electron chi connectivity index (χ2n) is 3.52. The monoisotopic (exact) mass is 200 g/mol. The molecule has 0 heterocycles. The molecule has 0 radical (unpaired) electrons. The summed E-state index contributed by atoms with van der Waals surface area (Å²) in [4.78, 5) is 0. The zero-order valence-corrected chi connectivity index (χ0v) is 7.02. The molecule has 13 heavy (non-hydrogen) atoms. The summed E-state index contributed by atoms with van der Waals surface area (Å²) >= 11 is 0. The minimum atomic E-state index is -3.95. The molecule has 1 aliphatic rings. The van der Waals surface area contributed by atoms with Gasteiger partial charge in [0.15, 0.2) is 0 Å².